The van der Waals surface area contributed by atoms with Gasteiger partial charge in [-0.15, -0.1) is 0 Å². The lowest BCUT2D eigenvalue weighted by Gasteiger charge is -2.13. The van der Waals surface area contributed by atoms with Crippen LogP contribution in [0.3, 0.4) is 0 Å². The molecule has 6 nitrogen and oxygen atoms in total. The molecule has 2 rings (SSSR count). The zero-order valence-electron chi connectivity index (χ0n) is 13.6. The molecule has 0 atom stereocenters. The van der Waals surface area contributed by atoms with Crippen LogP contribution < -0.4 is 20.1 Å². The largest absolute Gasteiger partial charge is 0.497 e. The van der Waals surface area contributed by atoms with Crippen LogP contribution in [-0.4, -0.2) is 32.4 Å². The number of ether oxygens (including phenoxy) is 3. The zero-order valence-corrected chi connectivity index (χ0v) is 14.4. The van der Waals surface area contributed by atoms with E-state index in [1.54, 1.807) is 56.7 Å². The van der Waals surface area contributed by atoms with Crippen molar-refractivity contribution >= 4 is 34.7 Å². The predicted molar refractivity (Wildman–Crippen MR) is 97.2 cm³/mol. The molecule has 7 heteroatoms. The van der Waals surface area contributed by atoms with Gasteiger partial charge >= 0.3 is 5.97 Å². The number of carbonyl (C=O) groups excluding carboxylic acids is 1. The number of nitrogens with one attached hydrogen (secondary N) is 2. The lowest BCUT2D eigenvalue weighted by molar-refractivity contribution is 0.0601. The molecule has 0 aromatic heterocycles. The maximum atomic E-state index is 11.4. The Labute approximate surface area is 145 Å². The molecule has 0 radical (unpaired) electrons. The van der Waals surface area contributed by atoms with Crippen molar-refractivity contribution in [2.45, 2.75) is 0 Å². The number of hydrogen-bond acceptors (Lipinski definition) is 5. The molecule has 0 bridgehead atoms. The average molecular weight is 346 g/mol. The number of rotatable bonds is 5. The van der Waals surface area contributed by atoms with E-state index < -0.39 is 0 Å². The first-order chi connectivity index (χ1) is 11.5. The van der Waals surface area contributed by atoms with Gasteiger partial charge in [0.15, 0.2) is 5.11 Å². The Morgan fingerprint density at radius 2 is 1.42 bits per heavy atom. The molecule has 0 aliphatic carbocycles. The van der Waals surface area contributed by atoms with Gasteiger partial charge in [0.1, 0.15) is 11.5 Å². The van der Waals surface area contributed by atoms with Crippen molar-refractivity contribution in [3.8, 4) is 11.5 Å². The highest BCUT2D eigenvalue weighted by atomic mass is 32.1. The van der Waals surface area contributed by atoms with Crippen molar-refractivity contribution in [1.82, 2.24) is 0 Å². The summed E-state index contributed by atoms with van der Waals surface area (Å²) in [6, 6.07) is 12.2. The molecule has 0 saturated heterocycles. The fourth-order valence-electron chi connectivity index (χ4n) is 1.98. The molecule has 0 fully saturated rings. The highest BCUT2D eigenvalue weighted by Crippen LogP contribution is 2.25. The van der Waals surface area contributed by atoms with E-state index in [9.17, 15) is 4.79 Å². The highest BCUT2D eigenvalue weighted by Gasteiger charge is 2.06. The van der Waals surface area contributed by atoms with Crippen molar-refractivity contribution in [3.05, 3.63) is 48.0 Å². The Kier molecular flexibility index (Phi) is 5.97. The minimum Gasteiger partial charge on any atom is -0.497 e. The molecule has 2 aromatic rings. The number of thiocarbonyl (C=S) groups is 1. The van der Waals surface area contributed by atoms with Crippen molar-refractivity contribution in [3.63, 3.8) is 0 Å². The first-order valence-electron chi connectivity index (χ1n) is 7.05. The molecule has 2 aromatic carbocycles. The molecule has 0 aliphatic heterocycles. The second-order valence-electron chi connectivity index (χ2n) is 4.75. The van der Waals surface area contributed by atoms with Gasteiger partial charge in [0, 0.05) is 29.6 Å². The van der Waals surface area contributed by atoms with Crippen LogP contribution in [0.5, 0.6) is 11.5 Å². The van der Waals surface area contributed by atoms with Crippen LogP contribution in [-0.2, 0) is 4.74 Å². The predicted octanol–water partition coefficient (Wildman–Crippen LogP) is 3.30. The minimum absolute atomic E-state index is 0.384. The van der Waals surface area contributed by atoms with Crippen LogP contribution >= 0.6 is 12.2 Å². The molecular formula is C17H18N2O4S. The van der Waals surface area contributed by atoms with Gasteiger partial charge in [-0.1, -0.05) is 0 Å². The fraction of sp³-hybridized carbons (Fsp3) is 0.176. The number of hydrogen-bond donors (Lipinski definition) is 2. The molecule has 0 heterocycles. The van der Waals surface area contributed by atoms with E-state index in [0.717, 1.165) is 11.4 Å². The summed E-state index contributed by atoms with van der Waals surface area (Å²) in [4.78, 5) is 11.4. The van der Waals surface area contributed by atoms with Crippen molar-refractivity contribution in [2.75, 3.05) is 32.0 Å². The monoisotopic (exact) mass is 346 g/mol. The number of methoxy groups -OCH3 is 3. The lowest BCUT2D eigenvalue weighted by atomic mass is 10.2. The Hall–Kier alpha value is -2.80. The summed E-state index contributed by atoms with van der Waals surface area (Å²) in [5.41, 5.74) is 1.95. The number of esters is 1. The van der Waals surface area contributed by atoms with Gasteiger partial charge in [-0.2, -0.15) is 0 Å². The molecule has 24 heavy (non-hydrogen) atoms. The van der Waals surface area contributed by atoms with Crippen molar-refractivity contribution < 1.29 is 19.0 Å². The van der Waals surface area contributed by atoms with Gasteiger partial charge in [0.25, 0.3) is 0 Å². The molecule has 0 unspecified atom stereocenters. The van der Waals surface area contributed by atoms with Gasteiger partial charge in [-0.05, 0) is 36.5 Å². The van der Waals surface area contributed by atoms with Crippen LogP contribution in [0.4, 0.5) is 11.4 Å². The first-order valence-corrected chi connectivity index (χ1v) is 7.46. The Morgan fingerprint density at radius 3 is 1.92 bits per heavy atom. The van der Waals surface area contributed by atoms with E-state index in [0.29, 0.717) is 22.2 Å². The van der Waals surface area contributed by atoms with E-state index >= 15 is 0 Å². The molecule has 126 valence electrons. The van der Waals surface area contributed by atoms with Crippen molar-refractivity contribution in [2.24, 2.45) is 0 Å². The second kappa shape index (κ2) is 8.16. The molecule has 0 aliphatic rings. The standard InChI is InChI=1S/C17H18N2O4S/c1-21-14-8-13(9-15(10-14)22-2)19-17(24)18-12-6-4-11(5-7-12)16(20)23-3/h4-10H,1-3H3,(H2,18,19,24). The zero-order chi connectivity index (χ0) is 17.5. The summed E-state index contributed by atoms with van der Waals surface area (Å²) < 4.78 is 15.1. The summed E-state index contributed by atoms with van der Waals surface area (Å²) in [7, 11) is 4.51. The number of anilines is 2. The van der Waals surface area contributed by atoms with Crippen LogP contribution in [0.25, 0.3) is 0 Å². The molecule has 0 amide bonds. The Bertz CT molecular complexity index is 710. The molecular weight excluding hydrogens is 328 g/mol. The van der Waals surface area contributed by atoms with Gasteiger partial charge in [-0.3, -0.25) is 0 Å². The van der Waals surface area contributed by atoms with Gasteiger partial charge in [-0.25, -0.2) is 4.79 Å². The number of benzene rings is 2. The topological polar surface area (TPSA) is 68.8 Å². The van der Waals surface area contributed by atoms with E-state index in [2.05, 4.69) is 15.4 Å². The van der Waals surface area contributed by atoms with Gasteiger partial charge in [0.2, 0.25) is 0 Å². The Balaban J connectivity index is 2.04. The SMILES string of the molecule is COC(=O)c1ccc(NC(=S)Nc2cc(OC)cc(OC)c2)cc1. The second-order valence-corrected chi connectivity index (χ2v) is 5.16. The van der Waals surface area contributed by atoms with E-state index in [1.807, 2.05) is 0 Å². The summed E-state index contributed by atoms with van der Waals surface area (Å²) in [5.74, 6) is 0.926. The van der Waals surface area contributed by atoms with Crippen molar-refractivity contribution in [1.29, 1.82) is 0 Å². The van der Waals surface area contributed by atoms with Crippen LogP contribution in [0.1, 0.15) is 10.4 Å². The minimum atomic E-state index is -0.384. The molecule has 2 N–H and O–H groups in total. The summed E-state index contributed by atoms with van der Waals surface area (Å²) in [6.45, 7) is 0. The summed E-state index contributed by atoms with van der Waals surface area (Å²) in [5, 5.41) is 6.49. The highest BCUT2D eigenvalue weighted by molar-refractivity contribution is 7.80. The first kappa shape index (κ1) is 17.6. The van der Waals surface area contributed by atoms with Gasteiger partial charge < -0.3 is 24.8 Å². The van der Waals surface area contributed by atoms with Crippen LogP contribution in [0.15, 0.2) is 42.5 Å². The third-order valence-electron chi connectivity index (χ3n) is 3.17. The van der Waals surface area contributed by atoms with Gasteiger partial charge in [0.05, 0.1) is 26.9 Å². The summed E-state index contributed by atoms with van der Waals surface area (Å²) >= 11 is 5.29. The van der Waals surface area contributed by atoms with Crippen LogP contribution in [0, 0.1) is 0 Å². The van der Waals surface area contributed by atoms with E-state index in [1.165, 1.54) is 7.11 Å². The third-order valence-corrected chi connectivity index (χ3v) is 3.38. The summed E-state index contributed by atoms with van der Waals surface area (Å²) in [6.07, 6.45) is 0. The smallest absolute Gasteiger partial charge is 0.337 e. The molecule has 0 spiro atoms. The van der Waals surface area contributed by atoms with Crippen LogP contribution in [0.2, 0.25) is 0 Å². The van der Waals surface area contributed by atoms with E-state index in [-0.39, 0.29) is 5.97 Å². The normalized spacial score (nSPS) is 9.79. The molecule has 0 saturated carbocycles. The van der Waals surface area contributed by atoms with E-state index in [4.69, 9.17) is 21.7 Å². The fourth-order valence-corrected chi connectivity index (χ4v) is 2.22. The number of carbonyl (C=O) groups is 1. The quantitative estimate of drug-likeness (QED) is 0.636. The Morgan fingerprint density at radius 1 is 0.875 bits per heavy atom. The lowest BCUT2D eigenvalue weighted by Crippen LogP contribution is -2.19. The average Bonchev–Trinajstić information content (AvgIpc) is 2.61. The maximum absolute atomic E-state index is 11.4. The maximum Gasteiger partial charge on any atom is 0.337 e. The third kappa shape index (κ3) is 4.60.